The Bertz CT molecular complexity index is 486. The second-order valence-corrected chi connectivity index (χ2v) is 4.87. The third-order valence-corrected chi connectivity index (χ3v) is 3.96. The Morgan fingerprint density at radius 2 is 2.11 bits per heavy atom. The van der Waals surface area contributed by atoms with Crippen LogP contribution in [0.2, 0.25) is 0 Å². The quantitative estimate of drug-likeness (QED) is 0.849. The van der Waals surface area contributed by atoms with Gasteiger partial charge in [0.1, 0.15) is 11.6 Å². The summed E-state index contributed by atoms with van der Waals surface area (Å²) in [4.78, 5) is 12.0. The zero-order chi connectivity index (χ0) is 14.0. The van der Waals surface area contributed by atoms with Gasteiger partial charge < -0.3 is 15.2 Å². The Morgan fingerprint density at radius 3 is 2.58 bits per heavy atom. The lowest BCUT2D eigenvalue weighted by atomic mass is 9.62. The van der Waals surface area contributed by atoms with Crippen LogP contribution in [0.5, 0.6) is 5.75 Å². The first-order valence-corrected chi connectivity index (χ1v) is 6.22. The van der Waals surface area contributed by atoms with Gasteiger partial charge in [-0.3, -0.25) is 4.79 Å². The molecule has 4 nitrogen and oxygen atoms in total. The monoisotopic (exact) mass is 267 g/mol. The molecule has 1 aliphatic carbocycles. The number of hydrogen-bond donors (Lipinski definition) is 1. The summed E-state index contributed by atoms with van der Waals surface area (Å²) in [5, 5.41) is 0. The molecule has 1 unspecified atom stereocenters. The van der Waals surface area contributed by atoms with Crippen molar-refractivity contribution in [1.82, 2.24) is 0 Å². The van der Waals surface area contributed by atoms with Crippen molar-refractivity contribution in [1.29, 1.82) is 0 Å². The SMILES string of the molecule is COC(=O)C1(C(N)c2cc(F)ccc2OC)CCC1. The molecule has 1 saturated carbocycles. The van der Waals surface area contributed by atoms with Crippen molar-refractivity contribution in [3.63, 3.8) is 0 Å². The van der Waals surface area contributed by atoms with Crippen LogP contribution in [0.4, 0.5) is 4.39 Å². The van der Waals surface area contributed by atoms with E-state index in [2.05, 4.69) is 0 Å². The van der Waals surface area contributed by atoms with Gasteiger partial charge in [0.25, 0.3) is 0 Å². The van der Waals surface area contributed by atoms with Crippen LogP contribution in [0.15, 0.2) is 18.2 Å². The molecular formula is C14H18FNO3. The van der Waals surface area contributed by atoms with E-state index < -0.39 is 17.3 Å². The highest BCUT2D eigenvalue weighted by Crippen LogP contribution is 2.51. The topological polar surface area (TPSA) is 61.5 Å². The molecule has 0 spiro atoms. The summed E-state index contributed by atoms with van der Waals surface area (Å²) in [5.41, 5.74) is 5.96. The summed E-state index contributed by atoms with van der Waals surface area (Å²) in [7, 11) is 2.84. The molecule has 1 aliphatic rings. The van der Waals surface area contributed by atoms with E-state index in [9.17, 15) is 9.18 Å². The van der Waals surface area contributed by atoms with Crippen LogP contribution in [0.3, 0.4) is 0 Å². The fraction of sp³-hybridized carbons (Fsp3) is 0.500. The summed E-state index contributed by atoms with van der Waals surface area (Å²) in [6.45, 7) is 0. The lowest BCUT2D eigenvalue weighted by Gasteiger charge is -2.43. The molecule has 1 atom stereocenters. The van der Waals surface area contributed by atoms with Crippen molar-refractivity contribution in [3.8, 4) is 5.75 Å². The van der Waals surface area contributed by atoms with E-state index in [4.69, 9.17) is 15.2 Å². The molecule has 2 rings (SSSR count). The minimum Gasteiger partial charge on any atom is -0.496 e. The minimum atomic E-state index is -0.754. The number of hydrogen-bond acceptors (Lipinski definition) is 4. The van der Waals surface area contributed by atoms with Gasteiger partial charge >= 0.3 is 5.97 Å². The van der Waals surface area contributed by atoms with E-state index in [0.717, 1.165) is 6.42 Å². The van der Waals surface area contributed by atoms with Crippen molar-refractivity contribution < 1.29 is 18.7 Å². The number of carbonyl (C=O) groups is 1. The molecule has 0 bridgehead atoms. The maximum atomic E-state index is 13.4. The van der Waals surface area contributed by atoms with Gasteiger partial charge in [0, 0.05) is 11.6 Å². The van der Waals surface area contributed by atoms with Gasteiger partial charge in [-0.2, -0.15) is 0 Å². The van der Waals surface area contributed by atoms with E-state index in [0.29, 0.717) is 24.2 Å². The predicted octanol–water partition coefficient (Wildman–Crippen LogP) is 2.18. The minimum absolute atomic E-state index is 0.336. The largest absolute Gasteiger partial charge is 0.496 e. The Morgan fingerprint density at radius 1 is 1.42 bits per heavy atom. The van der Waals surface area contributed by atoms with Gasteiger partial charge in [0.15, 0.2) is 0 Å². The van der Waals surface area contributed by atoms with Gasteiger partial charge in [0.05, 0.1) is 19.6 Å². The summed E-state index contributed by atoms with van der Waals surface area (Å²) in [5.74, 6) is -0.243. The number of rotatable bonds is 4. The van der Waals surface area contributed by atoms with E-state index in [-0.39, 0.29) is 5.97 Å². The molecule has 1 fully saturated rings. The molecule has 0 radical (unpaired) electrons. The number of carbonyl (C=O) groups excluding carboxylic acids is 1. The molecule has 5 heteroatoms. The second-order valence-electron chi connectivity index (χ2n) is 4.87. The summed E-state index contributed by atoms with van der Waals surface area (Å²) < 4.78 is 23.5. The number of nitrogens with two attached hydrogens (primary N) is 1. The Balaban J connectivity index is 2.40. The fourth-order valence-corrected chi connectivity index (χ4v) is 2.65. The van der Waals surface area contributed by atoms with Gasteiger partial charge in [-0.25, -0.2) is 4.39 Å². The van der Waals surface area contributed by atoms with Crippen LogP contribution in [0.1, 0.15) is 30.9 Å². The predicted molar refractivity (Wildman–Crippen MR) is 68.2 cm³/mol. The molecule has 0 heterocycles. The fourth-order valence-electron chi connectivity index (χ4n) is 2.65. The number of halogens is 1. The van der Waals surface area contributed by atoms with Crippen molar-refractivity contribution in [3.05, 3.63) is 29.6 Å². The van der Waals surface area contributed by atoms with E-state index in [1.807, 2.05) is 0 Å². The van der Waals surface area contributed by atoms with Crippen molar-refractivity contribution in [2.75, 3.05) is 14.2 Å². The molecule has 1 aromatic carbocycles. The van der Waals surface area contributed by atoms with Crippen molar-refractivity contribution >= 4 is 5.97 Å². The first-order valence-electron chi connectivity index (χ1n) is 6.22. The highest BCUT2D eigenvalue weighted by molar-refractivity contribution is 5.79. The highest BCUT2D eigenvalue weighted by atomic mass is 19.1. The lowest BCUT2D eigenvalue weighted by molar-refractivity contribution is -0.160. The zero-order valence-corrected chi connectivity index (χ0v) is 11.1. The van der Waals surface area contributed by atoms with Crippen LogP contribution >= 0.6 is 0 Å². The van der Waals surface area contributed by atoms with Crippen LogP contribution < -0.4 is 10.5 Å². The molecule has 1 aromatic rings. The molecular weight excluding hydrogens is 249 g/mol. The van der Waals surface area contributed by atoms with Crippen LogP contribution in [0, 0.1) is 11.2 Å². The first-order chi connectivity index (χ1) is 9.05. The molecule has 104 valence electrons. The first kappa shape index (κ1) is 13.8. The average Bonchev–Trinajstić information content (AvgIpc) is 2.36. The molecule has 0 aliphatic heterocycles. The van der Waals surface area contributed by atoms with E-state index >= 15 is 0 Å². The maximum absolute atomic E-state index is 13.4. The third-order valence-electron chi connectivity index (χ3n) is 3.96. The Hall–Kier alpha value is -1.62. The van der Waals surface area contributed by atoms with Gasteiger partial charge in [-0.05, 0) is 31.0 Å². The van der Waals surface area contributed by atoms with Crippen molar-refractivity contribution in [2.24, 2.45) is 11.1 Å². The van der Waals surface area contributed by atoms with Crippen LogP contribution in [-0.2, 0) is 9.53 Å². The summed E-state index contributed by atoms with van der Waals surface area (Å²) in [6.07, 6.45) is 2.22. The van der Waals surface area contributed by atoms with Crippen LogP contribution in [0.25, 0.3) is 0 Å². The average molecular weight is 267 g/mol. The van der Waals surface area contributed by atoms with Crippen molar-refractivity contribution in [2.45, 2.75) is 25.3 Å². The highest BCUT2D eigenvalue weighted by Gasteiger charge is 2.51. The summed E-state index contributed by atoms with van der Waals surface area (Å²) in [6, 6.07) is 3.53. The molecule has 19 heavy (non-hydrogen) atoms. The van der Waals surface area contributed by atoms with E-state index in [1.165, 1.54) is 32.4 Å². The van der Waals surface area contributed by atoms with Gasteiger partial charge in [-0.1, -0.05) is 6.42 Å². The molecule has 0 aromatic heterocycles. The van der Waals surface area contributed by atoms with E-state index in [1.54, 1.807) is 0 Å². The van der Waals surface area contributed by atoms with Gasteiger partial charge in [-0.15, -0.1) is 0 Å². The Labute approximate surface area is 111 Å². The zero-order valence-electron chi connectivity index (χ0n) is 11.1. The normalized spacial score (nSPS) is 18.3. The number of esters is 1. The number of ether oxygens (including phenoxy) is 2. The third kappa shape index (κ3) is 2.18. The second kappa shape index (κ2) is 5.17. The maximum Gasteiger partial charge on any atom is 0.313 e. The standard InChI is InChI=1S/C14H18FNO3/c1-18-11-5-4-9(15)8-10(11)12(16)14(6-3-7-14)13(17)19-2/h4-5,8,12H,3,6-7,16H2,1-2H3. The molecule has 2 N–H and O–H groups in total. The van der Waals surface area contributed by atoms with Gasteiger partial charge in [0.2, 0.25) is 0 Å². The molecule has 0 amide bonds. The summed E-state index contributed by atoms with van der Waals surface area (Å²) >= 11 is 0. The smallest absolute Gasteiger partial charge is 0.313 e. The lowest BCUT2D eigenvalue weighted by Crippen LogP contribution is -2.47. The Kier molecular flexibility index (Phi) is 3.75. The number of benzene rings is 1. The molecule has 0 saturated heterocycles. The number of methoxy groups -OCH3 is 2. The van der Waals surface area contributed by atoms with Crippen LogP contribution in [-0.4, -0.2) is 20.2 Å².